The Kier molecular flexibility index (Phi) is 8.59. The van der Waals surface area contributed by atoms with Crippen molar-refractivity contribution in [2.24, 2.45) is 0 Å². The highest BCUT2D eigenvalue weighted by atomic mass is 79.9. The van der Waals surface area contributed by atoms with Gasteiger partial charge in [-0.3, -0.25) is 4.79 Å². The molecule has 0 aliphatic heterocycles. The van der Waals surface area contributed by atoms with Crippen molar-refractivity contribution in [1.29, 1.82) is 5.26 Å². The average Bonchev–Trinajstić information content (AvgIpc) is 2.83. The smallest absolute Gasteiger partial charge is 0.335 e. The third-order valence-corrected chi connectivity index (χ3v) is 5.37. The summed E-state index contributed by atoms with van der Waals surface area (Å²) in [4.78, 5) is 23.8. The predicted molar refractivity (Wildman–Crippen MR) is 132 cm³/mol. The summed E-state index contributed by atoms with van der Waals surface area (Å²) in [6.07, 6.45) is 1.37. The highest BCUT2D eigenvalue weighted by molar-refractivity contribution is 9.10. The zero-order valence-corrected chi connectivity index (χ0v) is 20.1. The topological polar surface area (TPSA) is 109 Å². The number of benzene rings is 3. The second-order valence-electron chi connectivity index (χ2n) is 7.18. The molecule has 3 aromatic rings. The molecule has 0 spiro atoms. The van der Waals surface area contributed by atoms with Crippen molar-refractivity contribution < 1.29 is 28.6 Å². The third-order valence-electron chi connectivity index (χ3n) is 4.68. The van der Waals surface area contributed by atoms with Crippen LogP contribution in [0.4, 0.5) is 10.1 Å². The Morgan fingerprint density at radius 2 is 1.86 bits per heavy atom. The number of aromatic carboxylic acids is 1. The van der Waals surface area contributed by atoms with Crippen molar-refractivity contribution in [3.05, 3.63) is 93.2 Å². The number of amides is 1. The number of halogens is 2. The van der Waals surface area contributed by atoms with Gasteiger partial charge < -0.3 is 19.9 Å². The summed E-state index contributed by atoms with van der Waals surface area (Å²) >= 11 is 3.42. The van der Waals surface area contributed by atoms with Crippen LogP contribution in [-0.2, 0) is 11.4 Å². The zero-order valence-electron chi connectivity index (χ0n) is 18.5. The van der Waals surface area contributed by atoms with Crippen molar-refractivity contribution >= 4 is 39.6 Å². The SMILES string of the molecule is CCOc1cc(/C=C(/C#N)C(=O)Nc2cccc(C(=O)O)c2)c(Br)cc1OCc1cccc(F)c1. The number of carboxylic acids is 1. The Labute approximate surface area is 209 Å². The van der Waals surface area contributed by atoms with Gasteiger partial charge in [0.2, 0.25) is 0 Å². The predicted octanol–water partition coefficient (Wildman–Crippen LogP) is 5.81. The number of hydrogen-bond acceptors (Lipinski definition) is 5. The van der Waals surface area contributed by atoms with Crippen molar-refractivity contribution in [3.63, 3.8) is 0 Å². The van der Waals surface area contributed by atoms with Crippen LogP contribution in [0.2, 0.25) is 0 Å². The van der Waals surface area contributed by atoms with Gasteiger partial charge in [0.25, 0.3) is 5.91 Å². The molecule has 0 atom stereocenters. The number of hydrogen-bond donors (Lipinski definition) is 2. The maximum Gasteiger partial charge on any atom is 0.335 e. The normalized spacial score (nSPS) is 10.9. The van der Waals surface area contributed by atoms with E-state index in [0.29, 0.717) is 33.7 Å². The zero-order chi connectivity index (χ0) is 25.4. The van der Waals surface area contributed by atoms with Crippen LogP contribution in [-0.4, -0.2) is 23.6 Å². The first-order valence-electron chi connectivity index (χ1n) is 10.4. The lowest BCUT2D eigenvalue weighted by atomic mass is 10.1. The molecule has 0 unspecified atom stereocenters. The number of carbonyl (C=O) groups excluding carboxylic acids is 1. The number of anilines is 1. The maximum absolute atomic E-state index is 13.4. The van der Waals surface area contributed by atoms with E-state index in [0.717, 1.165) is 0 Å². The lowest BCUT2D eigenvalue weighted by Crippen LogP contribution is -2.14. The molecule has 178 valence electrons. The molecular formula is C26H20BrFN2O5. The minimum absolute atomic E-state index is 0.00298. The first kappa shape index (κ1) is 25.5. The molecule has 2 N–H and O–H groups in total. The van der Waals surface area contributed by atoms with Crippen LogP contribution in [0.15, 0.2) is 70.7 Å². The van der Waals surface area contributed by atoms with E-state index in [-0.39, 0.29) is 29.2 Å². The maximum atomic E-state index is 13.4. The van der Waals surface area contributed by atoms with Crippen molar-refractivity contribution in [2.75, 3.05) is 11.9 Å². The van der Waals surface area contributed by atoms with Crippen molar-refractivity contribution in [1.82, 2.24) is 0 Å². The standard InChI is InChI=1S/C26H20BrFN2O5/c1-2-34-23-12-18(22(27)13-24(23)35-15-16-5-3-7-20(28)9-16)10-19(14-29)25(31)30-21-8-4-6-17(11-21)26(32)33/h3-13H,2,15H2,1H3,(H,30,31)(H,32,33)/b19-10-. The summed E-state index contributed by atoms with van der Waals surface area (Å²) in [6, 6.07) is 16.9. The quantitative estimate of drug-likeness (QED) is 0.263. The van der Waals surface area contributed by atoms with E-state index >= 15 is 0 Å². The van der Waals surface area contributed by atoms with Crippen LogP contribution in [0.1, 0.15) is 28.4 Å². The lowest BCUT2D eigenvalue weighted by molar-refractivity contribution is -0.112. The van der Waals surface area contributed by atoms with E-state index in [4.69, 9.17) is 14.6 Å². The number of nitrogens with zero attached hydrogens (tertiary/aromatic N) is 1. The van der Waals surface area contributed by atoms with Gasteiger partial charge in [-0.05, 0) is 66.6 Å². The van der Waals surface area contributed by atoms with E-state index < -0.39 is 11.9 Å². The van der Waals surface area contributed by atoms with Gasteiger partial charge in [-0.2, -0.15) is 5.26 Å². The number of ether oxygens (including phenoxy) is 2. The van der Waals surface area contributed by atoms with Gasteiger partial charge in [-0.25, -0.2) is 9.18 Å². The van der Waals surface area contributed by atoms with E-state index in [1.165, 1.54) is 42.5 Å². The summed E-state index contributed by atoms with van der Waals surface area (Å²) in [5.74, 6) is -1.43. The molecule has 0 fully saturated rings. The molecule has 0 saturated carbocycles. The molecule has 3 rings (SSSR count). The van der Waals surface area contributed by atoms with Crippen molar-refractivity contribution in [2.45, 2.75) is 13.5 Å². The Balaban J connectivity index is 1.85. The summed E-state index contributed by atoms with van der Waals surface area (Å²) in [5, 5.41) is 21.2. The Morgan fingerprint density at radius 3 is 2.54 bits per heavy atom. The van der Waals surface area contributed by atoms with E-state index in [2.05, 4.69) is 21.2 Å². The molecule has 3 aromatic carbocycles. The molecule has 0 aliphatic carbocycles. The van der Waals surface area contributed by atoms with E-state index in [9.17, 15) is 19.2 Å². The van der Waals surface area contributed by atoms with Crippen LogP contribution >= 0.6 is 15.9 Å². The fourth-order valence-electron chi connectivity index (χ4n) is 3.06. The summed E-state index contributed by atoms with van der Waals surface area (Å²) in [7, 11) is 0. The summed E-state index contributed by atoms with van der Waals surface area (Å²) in [5.41, 5.74) is 1.16. The fourth-order valence-corrected chi connectivity index (χ4v) is 3.50. The van der Waals surface area contributed by atoms with Crippen LogP contribution in [0.5, 0.6) is 11.5 Å². The summed E-state index contributed by atoms with van der Waals surface area (Å²) in [6.45, 7) is 2.25. The molecule has 9 heteroatoms. The number of nitriles is 1. The molecular weight excluding hydrogens is 519 g/mol. The number of nitrogens with one attached hydrogen (secondary N) is 1. The molecule has 35 heavy (non-hydrogen) atoms. The highest BCUT2D eigenvalue weighted by Gasteiger charge is 2.15. The van der Waals surface area contributed by atoms with Gasteiger partial charge in [0.15, 0.2) is 11.5 Å². The average molecular weight is 539 g/mol. The second-order valence-corrected chi connectivity index (χ2v) is 8.04. The number of carbonyl (C=O) groups is 2. The van der Waals surface area contributed by atoms with Gasteiger partial charge in [-0.1, -0.05) is 34.1 Å². The van der Waals surface area contributed by atoms with Crippen LogP contribution in [0, 0.1) is 17.1 Å². The Hall–Kier alpha value is -4.16. The molecule has 0 aromatic heterocycles. The van der Waals surface area contributed by atoms with Crippen LogP contribution < -0.4 is 14.8 Å². The van der Waals surface area contributed by atoms with Gasteiger partial charge in [-0.15, -0.1) is 0 Å². The first-order chi connectivity index (χ1) is 16.8. The minimum Gasteiger partial charge on any atom is -0.490 e. The number of rotatable bonds is 9. The highest BCUT2D eigenvalue weighted by Crippen LogP contribution is 2.35. The van der Waals surface area contributed by atoms with Crippen molar-refractivity contribution in [3.8, 4) is 17.6 Å². The monoisotopic (exact) mass is 538 g/mol. The second kappa shape index (κ2) is 11.8. The molecule has 0 bridgehead atoms. The fraction of sp³-hybridized carbons (Fsp3) is 0.115. The first-order valence-corrected chi connectivity index (χ1v) is 11.2. The lowest BCUT2D eigenvalue weighted by Gasteiger charge is -2.14. The largest absolute Gasteiger partial charge is 0.490 e. The molecule has 7 nitrogen and oxygen atoms in total. The molecule has 0 aliphatic rings. The van der Waals surface area contributed by atoms with Gasteiger partial charge in [0, 0.05) is 10.2 Å². The van der Waals surface area contributed by atoms with Crippen LogP contribution in [0.25, 0.3) is 6.08 Å². The third kappa shape index (κ3) is 6.91. The summed E-state index contributed by atoms with van der Waals surface area (Å²) < 4.78 is 25.5. The molecule has 0 heterocycles. The Bertz CT molecular complexity index is 1330. The van der Waals surface area contributed by atoms with Gasteiger partial charge in [0.05, 0.1) is 12.2 Å². The number of carboxylic acid groups (broad SMARTS) is 1. The molecule has 1 amide bonds. The molecule has 0 saturated heterocycles. The van der Waals surface area contributed by atoms with Gasteiger partial charge in [0.1, 0.15) is 24.1 Å². The van der Waals surface area contributed by atoms with E-state index in [1.807, 2.05) is 6.07 Å². The van der Waals surface area contributed by atoms with E-state index in [1.54, 1.807) is 31.2 Å². The Morgan fingerprint density at radius 1 is 1.11 bits per heavy atom. The molecule has 0 radical (unpaired) electrons. The van der Waals surface area contributed by atoms with Gasteiger partial charge >= 0.3 is 5.97 Å². The minimum atomic E-state index is -1.13. The van der Waals surface area contributed by atoms with Crippen LogP contribution in [0.3, 0.4) is 0 Å².